The van der Waals surface area contributed by atoms with Gasteiger partial charge in [0.2, 0.25) is 11.9 Å². The summed E-state index contributed by atoms with van der Waals surface area (Å²) in [5.74, 6) is 2.97. The van der Waals surface area contributed by atoms with E-state index in [1.807, 2.05) is 6.26 Å². The number of nitriles is 1. The van der Waals surface area contributed by atoms with E-state index in [-0.39, 0.29) is 29.1 Å². The molecule has 0 spiro atoms. The molecule has 0 aliphatic heterocycles. The van der Waals surface area contributed by atoms with Gasteiger partial charge in [-0.2, -0.15) is 5.26 Å². The topological polar surface area (TPSA) is 105 Å². The van der Waals surface area contributed by atoms with Gasteiger partial charge >= 0.3 is 0 Å². The van der Waals surface area contributed by atoms with E-state index in [0.717, 1.165) is 17.8 Å². The molecule has 1 aromatic heterocycles. The zero-order valence-electron chi connectivity index (χ0n) is 16.4. The van der Waals surface area contributed by atoms with Crippen molar-refractivity contribution in [3.05, 3.63) is 5.56 Å². The number of carbonyl (C=O) groups is 1. The van der Waals surface area contributed by atoms with Crippen molar-refractivity contribution in [1.82, 2.24) is 15.3 Å². The van der Waals surface area contributed by atoms with Crippen molar-refractivity contribution < 1.29 is 4.79 Å². The van der Waals surface area contributed by atoms with E-state index in [0.29, 0.717) is 15.6 Å². The fourth-order valence-corrected chi connectivity index (χ4v) is 7.45. The maximum atomic E-state index is 12.7. The van der Waals surface area contributed by atoms with Gasteiger partial charge < -0.3 is 11.1 Å². The molecule has 0 saturated heterocycles. The zero-order chi connectivity index (χ0) is 19.9. The van der Waals surface area contributed by atoms with Crippen LogP contribution in [-0.2, 0) is 4.79 Å². The molecule has 0 radical (unpaired) electrons. The van der Waals surface area contributed by atoms with Crippen molar-refractivity contribution in [1.29, 1.82) is 5.26 Å². The van der Waals surface area contributed by atoms with Crippen molar-refractivity contribution in [2.24, 2.45) is 23.2 Å². The molecule has 8 heteroatoms. The molecule has 150 valence electrons. The van der Waals surface area contributed by atoms with E-state index >= 15 is 0 Å². The van der Waals surface area contributed by atoms with Crippen LogP contribution in [0.15, 0.2) is 10.1 Å². The molecule has 1 heterocycles. The third kappa shape index (κ3) is 3.71. The van der Waals surface area contributed by atoms with Crippen LogP contribution in [0.5, 0.6) is 0 Å². The molecule has 6 nitrogen and oxygen atoms in total. The molecular formula is C20H27N5OS2. The molecule has 4 saturated carbocycles. The number of nitrogens with one attached hydrogen (secondary N) is 1. The first-order chi connectivity index (χ1) is 13.4. The fourth-order valence-electron chi connectivity index (χ4n) is 6.06. The van der Waals surface area contributed by atoms with Gasteiger partial charge in [0.15, 0.2) is 0 Å². The van der Waals surface area contributed by atoms with Crippen molar-refractivity contribution in [2.75, 3.05) is 17.7 Å². The summed E-state index contributed by atoms with van der Waals surface area (Å²) in [7, 11) is 0. The Kier molecular flexibility index (Phi) is 5.49. The first-order valence-corrected chi connectivity index (χ1v) is 12.2. The lowest BCUT2D eigenvalue weighted by Gasteiger charge is -2.59. The summed E-state index contributed by atoms with van der Waals surface area (Å²) >= 11 is 2.62. The standard InChI is InChI=1S/C20H27N5OS2/c1-11(20-6-12-3-13(7-20)5-14(4-12)8-20)23-16(26)10-28-18-15(9-21)17(27-2)24-19(22)25-18/h11-14H,3-8,10H2,1-2H3,(H,23,26)(H2,22,24,25)/t11-,12?,13?,14?,20?/m1/s1. The molecule has 1 atom stereocenters. The van der Waals surface area contributed by atoms with Gasteiger partial charge in [0, 0.05) is 6.04 Å². The molecular weight excluding hydrogens is 390 g/mol. The number of anilines is 1. The minimum absolute atomic E-state index is 0.0000189. The number of nitrogens with two attached hydrogens (primary N) is 1. The molecule has 4 fully saturated rings. The Bertz CT molecular complexity index is 786. The van der Waals surface area contributed by atoms with E-state index in [4.69, 9.17) is 5.73 Å². The van der Waals surface area contributed by atoms with E-state index < -0.39 is 0 Å². The maximum absolute atomic E-state index is 12.7. The summed E-state index contributed by atoms with van der Waals surface area (Å²) in [6.07, 6.45) is 9.86. The molecule has 28 heavy (non-hydrogen) atoms. The van der Waals surface area contributed by atoms with Crippen molar-refractivity contribution in [2.45, 2.75) is 61.5 Å². The zero-order valence-corrected chi connectivity index (χ0v) is 18.0. The van der Waals surface area contributed by atoms with Crippen LogP contribution < -0.4 is 11.1 Å². The normalized spacial score (nSPS) is 31.4. The maximum Gasteiger partial charge on any atom is 0.230 e. The summed E-state index contributed by atoms with van der Waals surface area (Å²) in [5.41, 5.74) is 6.44. The first kappa shape index (κ1) is 19.8. The Hall–Kier alpha value is -1.46. The molecule has 4 aliphatic carbocycles. The lowest BCUT2D eigenvalue weighted by Crippen LogP contribution is -2.56. The van der Waals surface area contributed by atoms with Crippen LogP contribution in [0, 0.1) is 34.5 Å². The van der Waals surface area contributed by atoms with Crippen LogP contribution >= 0.6 is 23.5 Å². The summed E-state index contributed by atoms with van der Waals surface area (Å²) < 4.78 is 0. The third-order valence-electron chi connectivity index (χ3n) is 6.89. The van der Waals surface area contributed by atoms with Gasteiger partial charge in [0.25, 0.3) is 0 Å². The quantitative estimate of drug-likeness (QED) is 0.539. The second-order valence-electron chi connectivity index (χ2n) is 8.74. The van der Waals surface area contributed by atoms with Gasteiger partial charge in [-0.25, -0.2) is 9.97 Å². The molecule has 0 unspecified atom stereocenters. The number of hydrogen-bond acceptors (Lipinski definition) is 7. The molecule has 4 bridgehead atoms. The van der Waals surface area contributed by atoms with Crippen LogP contribution in [0.1, 0.15) is 51.0 Å². The predicted molar refractivity (Wildman–Crippen MR) is 112 cm³/mol. The number of rotatable bonds is 6. The third-order valence-corrected chi connectivity index (χ3v) is 8.54. The Morgan fingerprint density at radius 3 is 2.36 bits per heavy atom. The lowest BCUT2D eigenvalue weighted by molar-refractivity contribution is -0.123. The van der Waals surface area contributed by atoms with Crippen LogP contribution in [0.25, 0.3) is 0 Å². The highest BCUT2D eigenvalue weighted by molar-refractivity contribution is 8.00. The van der Waals surface area contributed by atoms with Crippen LogP contribution in [-0.4, -0.2) is 33.9 Å². The van der Waals surface area contributed by atoms with Gasteiger partial charge in [0.05, 0.1) is 5.75 Å². The largest absolute Gasteiger partial charge is 0.368 e. The highest BCUT2D eigenvalue weighted by Gasteiger charge is 2.53. The smallest absolute Gasteiger partial charge is 0.230 e. The Balaban J connectivity index is 1.39. The number of hydrogen-bond donors (Lipinski definition) is 2. The monoisotopic (exact) mass is 417 g/mol. The van der Waals surface area contributed by atoms with Crippen LogP contribution in [0.3, 0.4) is 0 Å². The number of amides is 1. The molecule has 3 N–H and O–H groups in total. The van der Waals surface area contributed by atoms with E-state index in [2.05, 4.69) is 28.3 Å². The van der Waals surface area contributed by atoms with Gasteiger partial charge in [0.1, 0.15) is 21.7 Å². The van der Waals surface area contributed by atoms with Crippen molar-refractivity contribution in [3.8, 4) is 6.07 Å². The summed E-state index contributed by atoms with van der Waals surface area (Å²) in [6, 6.07) is 2.34. The average molecular weight is 418 g/mol. The van der Waals surface area contributed by atoms with Crippen LogP contribution in [0.4, 0.5) is 5.95 Å². The van der Waals surface area contributed by atoms with E-state index in [1.165, 1.54) is 62.0 Å². The van der Waals surface area contributed by atoms with Crippen molar-refractivity contribution >= 4 is 35.4 Å². The molecule has 1 amide bonds. The number of nitrogen functional groups attached to an aromatic ring is 1. The number of aromatic nitrogens is 2. The lowest BCUT2D eigenvalue weighted by atomic mass is 9.48. The minimum Gasteiger partial charge on any atom is -0.368 e. The number of thioether (sulfide) groups is 2. The highest BCUT2D eigenvalue weighted by atomic mass is 32.2. The minimum atomic E-state index is 0.0000189. The van der Waals surface area contributed by atoms with Gasteiger partial charge in [-0.1, -0.05) is 11.8 Å². The molecule has 5 rings (SSSR count). The van der Waals surface area contributed by atoms with Crippen molar-refractivity contribution in [3.63, 3.8) is 0 Å². The van der Waals surface area contributed by atoms with Gasteiger partial charge in [-0.3, -0.25) is 4.79 Å². The second-order valence-corrected chi connectivity index (χ2v) is 10.5. The molecule has 0 aromatic carbocycles. The van der Waals surface area contributed by atoms with E-state index in [1.54, 1.807) is 0 Å². The average Bonchev–Trinajstić information content (AvgIpc) is 2.64. The molecule has 4 aliphatic rings. The SMILES string of the molecule is CSc1nc(N)nc(SCC(=O)N[C@H](C)C23CC4CC(CC(C4)C2)C3)c1C#N. The second kappa shape index (κ2) is 7.75. The van der Waals surface area contributed by atoms with Crippen LogP contribution in [0.2, 0.25) is 0 Å². The molecule has 1 aromatic rings. The predicted octanol–water partition coefficient (Wildman–Crippen LogP) is 3.47. The Morgan fingerprint density at radius 2 is 1.82 bits per heavy atom. The van der Waals surface area contributed by atoms with Gasteiger partial charge in [-0.15, -0.1) is 11.8 Å². The summed E-state index contributed by atoms with van der Waals surface area (Å²) in [5, 5.41) is 13.7. The Morgan fingerprint density at radius 1 is 1.25 bits per heavy atom. The fraction of sp³-hybridized carbons (Fsp3) is 0.700. The summed E-state index contributed by atoms with van der Waals surface area (Å²) in [6.45, 7) is 2.19. The van der Waals surface area contributed by atoms with E-state index in [9.17, 15) is 10.1 Å². The first-order valence-electron chi connectivity index (χ1n) is 9.96. The highest BCUT2D eigenvalue weighted by Crippen LogP contribution is 2.61. The Labute approximate surface area is 174 Å². The number of carbonyl (C=O) groups excluding carboxylic acids is 1. The summed E-state index contributed by atoms with van der Waals surface area (Å²) in [4.78, 5) is 20.9. The van der Waals surface area contributed by atoms with Gasteiger partial charge in [-0.05, 0) is 74.9 Å². The number of nitrogens with zero attached hydrogens (tertiary/aromatic N) is 3.